The predicted molar refractivity (Wildman–Crippen MR) is 65.5 cm³/mol. The Kier molecular flexibility index (Phi) is 2.82. The van der Waals surface area contributed by atoms with Crippen LogP contribution in [0.2, 0.25) is 0 Å². The van der Waals surface area contributed by atoms with Crippen LogP contribution in [0.25, 0.3) is 0 Å². The van der Waals surface area contributed by atoms with E-state index >= 15 is 0 Å². The van der Waals surface area contributed by atoms with Crippen LogP contribution in [0.3, 0.4) is 0 Å². The van der Waals surface area contributed by atoms with Gasteiger partial charge in [-0.3, -0.25) is 10.1 Å². The van der Waals surface area contributed by atoms with E-state index < -0.39 is 0 Å². The lowest BCUT2D eigenvalue weighted by Gasteiger charge is -2.30. The van der Waals surface area contributed by atoms with Crippen LogP contribution in [0.15, 0.2) is 24.3 Å². The molecule has 1 aromatic rings. The van der Waals surface area contributed by atoms with Gasteiger partial charge in [-0.1, -0.05) is 24.3 Å². The van der Waals surface area contributed by atoms with Gasteiger partial charge in [0.1, 0.15) is 6.04 Å². The zero-order valence-electron chi connectivity index (χ0n) is 9.78. The summed E-state index contributed by atoms with van der Waals surface area (Å²) in [6.45, 7) is 4.25. The number of fused-ring (bicyclic) bond motifs is 1. The average Bonchev–Trinajstić information content (AvgIpc) is 2.83. The van der Waals surface area contributed by atoms with Crippen LogP contribution in [0, 0.1) is 0 Å². The molecule has 4 nitrogen and oxygen atoms in total. The highest BCUT2D eigenvalue weighted by Gasteiger charge is 2.31. The first-order valence-electron chi connectivity index (χ1n) is 6.17. The highest BCUT2D eigenvalue weighted by atomic mass is 16.2. The van der Waals surface area contributed by atoms with Gasteiger partial charge in [-0.2, -0.15) is 0 Å². The molecule has 1 amide bonds. The summed E-state index contributed by atoms with van der Waals surface area (Å²) in [4.78, 5) is 14.4. The molecular weight excluding hydrogens is 214 g/mol. The molecule has 1 fully saturated rings. The van der Waals surface area contributed by atoms with Crippen LogP contribution in [0.4, 0.5) is 0 Å². The second-order valence-electron chi connectivity index (χ2n) is 4.59. The van der Waals surface area contributed by atoms with E-state index in [4.69, 9.17) is 0 Å². The third-order valence-electron chi connectivity index (χ3n) is 3.54. The van der Waals surface area contributed by atoms with Crippen molar-refractivity contribution < 1.29 is 4.79 Å². The van der Waals surface area contributed by atoms with Gasteiger partial charge in [0.15, 0.2) is 0 Å². The van der Waals surface area contributed by atoms with Crippen molar-refractivity contribution in [1.82, 2.24) is 15.5 Å². The van der Waals surface area contributed by atoms with Crippen molar-refractivity contribution >= 4 is 5.91 Å². The Labute approximate surface area is 101 Å². The first kappa shape index (κ1) is 10.7. The standard InChI is InChI=1S/C13H17N3O/c17-13(16-7-5-14-6-8-16)12-11-4-2-1-3-10(11)9-15-12/h1-4,12,14-15H,5-9H2. The van der Waals surface area contributed by atoms with E-state index in [1.54, 1.807) is 0 Å². The number of carbonyl (C=O) groups excluding carboxylic acids is 1. The second-order valence-corrected chi connectivity index (χ2v) is 4.59. The summed E-state index contributed by atoms with van der Waals surface area (Å²) in [7, 11) is 0. The van der Waals surface area contributed by atoms with E-state index in [0.717, 1.165) is 38.3 Å². The minimum absolute atomic E-state index is 0.135. The Morgan fingerprint density at radius 2 is 2.00 bits per heavy atom. The van der Waals surface area contributed by atoms with Gasteiger partial charge < -0.3 is 10.2 Å². The molecule has 2 aliphatic heterocycles. The molecule has 0 spiro atoms. The Balaban J connectivity index is 1.79. The zero-order chi connectivity index (χ0) is 11.7. The first-order chi connectivity index (χ1) is 8.36. The Morgan fingerprint density at radius 3 is 2.82 bits per heavy atom. The highest BCUT2D eigenvalue weighted by molar-refractivity contribution is 5.84. The van der Waals surface area contributed by atoms with E-state index in [1.165, 1.54) is 5.56 Å². The Morgan fingerprint density at radius 1 is 1.24 bits per heavy atom. The van der Waals surface area contributed by atoms with Crippen molar-refractivity contribution in [3.05, 3.63) is 35.4 Å². The van der Waals surface area contributed by atoms with Crippen LogP contribution < -0.4 is 10.6 Å². The smallest absolute Gasteiger partial charge is 0.244 e. The number of nitrogens with one attached hydrogen (secondary N) is 2. The molecule has 90 valence electrons. The number of nitrogens with zero attached hydrogens (tertiary/aromatic N) is 1. The molecule has 2 aliphatic rings. The lowest BCUT2D eigenvalue weighted by Crippen LogP contribution is -2.49. The van der Waals surface area contributed by atoms with Crippen molar-refractivity contribution in [2.75, 3.05) is 26.2 Å². The number of amides is 1. The molecule has 1 aromatic carbocycles. The van der Waals surface area contributed by atoms with Crippen molar-refractivity contribution in [3.63, 3.8) is 0 Å². The third kappa shape index (κ3) is 1.94. The fourth-order valence-corrected chi connectivity index (χ4v) is 2.59. The molecule has 4 heteroatoms. The quantitative estimate of drug-likeness (QED) is 0.729. The molecule has 0 saturated carbocycles. The minimum atomic E-state index is -0.135. The lowest BCUT2D eigenvalue weighted by molar-refractivity contribution is -0.134. The molecule has 3 rings (SSSR count). The van der Waals surface area contributed by atoms with E-state index in [0.29, 0.717) is 0 Å². The predicted octanol–water partition coefficient (Wildman–Crippen LogP) is 0.263. The summed E-state index contributed by atoms with van der Waals surface area (Å²) >= 11 is 0. The van der Waals surface area contributed by atoms with Crippen LogP contribution >= 0.6 is 0 Å². The zero-order valence-corrected chi connectivity index (χ0v) is 9.78. The summed E-state index contributed by atoms with van der Waals surface area (Å²) < 4.78 is 0. The summed E-state index contributed by atoms with van der Waals surface area (Å²) in [5.41, 5.74) is 2.40. The van der Waals surface area contributed by atoms with E-state index in [9.17, 15) is 4.79 Å². The fourth-order valence-electron chi connectivity index (χ4n) is 2.59. The van der Waals surface area contributed by atoms with Crippen LogP contribution in [-0.2, 0) is 11.3 Å². The van der Waals surface area contributed by atoms with E-state index in [-0.39, 0.29) is 11.9 Å². The number of hydrogen-bond donors (Lipinski definition) is 2. The number of rotatable bonds is 1. The van der Waals surface area contributed by atoms with Gasteiger partial charge >= 0.3 is 0 Å². The molecule has 2 heterocycles. The molecule has 1 saturated heterocycles. The first-order valence-corrected chi connectivity index (χ1v) is 6.17. The maximum Gasteiger partial charge on any atom is 0.244 e. The number of carbonyl (C=O) groups is 1. The number of benzene rings is 1. The summed E-state index contributed by atoms with van der Waals surface area (Å²) in [5.74, 6) is 0.219. The molecule has 1 atom stereocenters. The summed E-state index contributed by atoms with van der Waals surface area (Å²) in [5, 5.41) is 6.57. The van der Waals surface area contributed by atoms with Gasteiger partial charge in [-0.05, 0) is 11.1 Å². The van der Waals surface area contributed by atoms with Gasteiger partial charge in [0.2, 0.25) is 5.91 Å². The van der Waals surface area contributed by atoms with Gasteiger partial charge in [0.05, 0.1) is 0 Å². The summed E-state index contributed by atoms with van der Waals surface area (Å²) in [6.07, 6.45) is 0. The van der Waals surface area contributed by atoms with Crippen molar-refractivity contribution in [3.8, 4) is 0 Å². The molecule has 0 aromatic heterocycles. The molecule has 0 radical (unpaired) electrons. The summed E-state index contributed by atoms with van der Waals surface area (Å²) in [6, 6.07) is 8.04. The monoisotopic (exact) mass is 231 g/mol. The molecular formula is C13H17N3O. The maximum absolute atomic E-state index is 12.4. The Bertz CT molecular complexity index is 426. The maximum atomic E-state index is 12.4. The van der Waals surface area contributed by atoms with Crippen molar-refractivity contribution in [1.29, 1.82) is 0 Å². The topological polar surface area (TPSA) is 44.4 Å². The van der Waals surface area contributed by atoms with Gasteiger partial charge in [-0.15, -0.1) is 0 Å². The third-order valence-corrected chi connectivity index (χ3v) is 3.54. The van der Waals surface area contributed by atoms with Crippen LogP contribution in [-0.4, -0.2) is 37.0 Å². The highest BCUT2D eigenvalue weighted by Crippen LogP contribution is 2.26. The van der Waals surface area contributed by atoms with Gasteiger partial charge in [0, 0.05) is 32.7 Å². The van der Waals surface area contributed by atoms with Gasteiger partial charge in [-0.25, -0.2) is 0 Å². The van der Waals surface area contributed by atoms with E-state index in [2.05, 4.69) is 22.8 Å². The lowest BCUT2D eigenvalue weighted by atomic mass is 10.0. The SMILES string of the molecule is O=C(C1NCc2ccccc21)N1CCNCC1. The van der Waals surface area contributed by atoms with Crippen molar-refractivity contribution in [2.45, 2.75) is 12.6 Å². The van der Waals surface area contributed by atoms with Crippen LogP contribution in [0.1, 0.15) is 17.2 Å². The van der Waals surface area contributed by atoms with Crippen LogP contribution in [0.5, 0.6) is 0 Å². The van der Waals surface area contributed by atoms with Gasteiger partial charge in [0.25, 0.3) is 0 Å². The molecule has 1 unspecified atom stereocenters. The molecule has 17 heavy (non-hydrogen) atoms. The molecule has 2 N–H and O–H groups in total. The number of piperazine rings is 1. The largest absolute Gasteiger partial charge is 0.338 e. The minimum Gasteiger partial charge on any atom is -0.338 e. The van der Waals surface area contributed by atoms with Crippen molar-refractivity contribution in [2.24, 2.45) is 0 Å². The normalized spacial score (nSPS) is 23.5. The Hall–Kier alpha value is -1.39. The second kappa shape index (κ2) is 4.47. The number of hydrogen-bond acceptors (Lipinski definition) is 3. The van der Waals surface area contributed by atoms with E-state index in [1.807, 2.05) is 17.0 Å². The average molecular weight is 231 g/mol. The molecule has 0 bridgehead atoms. The molecule has 0 aliphatic carbocycles. The fraction of sp³-hybridized carbons (Fsp3) is 0.462.